The fraction of sp³-hybridized carbons (Fsp3) is 0.182. The Bertz CT molecular complexity index is 1150. The Morgan fingerprint density at radius 3 is 2.77 bits per heavy atom. The molecule has 4 rings (SSSR count). The third kappa shape index (κ3) is 3.89. The molecular weight excluding hydrogens is 390 g/mol. The van der Waals surface area contributed by atoms with Gasteiger partial charge in [0, 0.05) is 17.4 Å². The van der Waals surface area contributed by atoms with Crippen molar-refractivity contribution in [1.82, 2.24) is 15.3 Å². The smallest absolute Gasteiger partial charge is 0.289 e. The van der Waals surface area contributed by atoms with Gasteiger partial charge >= 0.3 is 0 Å². The summed E-state index contributed by atoms with van der Waals surface area (Å²) in [6, 6.07) is 10.1. The summed E-state index contributed by atoms with van der Waals surface area (Å²) in [5, 5.41) is 5.48. The lowest BCUT2D eigenvalue weighted by atomic mass is 10.1. The molecule has 1 unspecified atom stereocenters. The first-order valence-corrected chi connectivity index (χ1v) is 9.41. The van der Waals surface area contributed by atoms with E-state index in [4.69, 9.17) is 0 Å². The SMILES string of the molecule is Cc1cnc(C(=O)NC2CCc3ccccc3NC2=O)nc1-c1ccc(F)c(F)c1. The molecule has 0 bridgehead atoms. The second-order valence-corrected chi connectivity index (χ2v) is 7.07. The van der Waals surface area contributed by atoms with Crippen LogP contribution in [0, 0.1) is 18.6 Å². The summed E-state index contributed by atoms with van der Waals surface area (Å²) in [5.74, 6) is -3.07. The van der Waals surface area contributed by atoms with Gasteiger partial charge in [0.05, 0.1) is 5.69 Å². The van der Waals surface area contributed by atoms with E-state index in [0.29, 0.717) is 29.7 Å². The van der Waals surface area contributed by atoms with E-state index in [1.807, 2.05) is 24.3 Å². The van der Waals surface area contributed by atoms with E-state index in [1.165, 1.54) is 12.3 Å². The van der Waals surface area contributed by atoms with Crippen molar-refractivity contribution in [1.29, 1.82) is 0 Å². The maximum atomic E-state index is 13.6. The van der Waals surface area contributed by atoms with Crippen molar-refractivity contribution in [2.45, 2.75) is 25.8 Å². The maximum absolute atomic E-state index is 13.6. The van der Waals surface area contributed by atoms with Crippen LogP contribution in [-0.4, -0.2) is 27.8 Å². The number of amides is 2. The van der Waals surface area contributed by atoms with E-state index in [2.05, 4.69) is 20.6 Å². The van der Waals surface area contributed by atoms with Gasteiger partial charge < -0.3 is 10.6 Å². The maximum Gasteiger partial charge on any atom is 0.289 e. The molecule has 2 N–H and O–H groups in total. The molecule has 1 aliphatic heterocycles. The van der Waals surface area contributed by atoms with E-state index >= 15 is 0 Å². The first-order valence-electron chi connectivity index (χ1n) is 9.41. The lowest BCUT2D eigenvalue weighted by Crippen LogP contribution is -2.43. The van der Waals surface area contributed by atoms with E-state index < -0.39 is 23.6 Å². The highest BCUT2D eigenvalue weighted by atomic mass is 19.2. The molecule has 0 fully saturated rings. The highest BCUT2D eigenvalue weighted by Gasteiger charge is 2.26. The Kier molecular flexibility index (Phi) is 5.22. The molecule has 2 amide bonds. The quantitative estimate of drug-likeness (QED) is 0.696. The van der Waals surface area contributed by atoms with Crippen LogP contribution in [-0.2, 0) is 11.2 Å². The predicted molar refractivity (Wildman–Crippen MR) is 107 cm³/mol. The average Bonchev–Trinajstić information content (AvgIpc) is 2.89. The van der Waals surface area contributed by atoms with E-state index in [1.54, 1.807) is 6.92 Å². The number of halogens is 2. The van der Waals surface area contributed by atoms with Gasteiger partial charge in [-0.15, -0.1) is 0 Å². The Morgan fingerprint density at radius 2 is 1.97 bits per heavy atom. The summed E-state index contributed by atoms with van der Waals surface area (Å²) in [4.78, 5) is 33.5. The summed E-state index contributed by atoms with van der Waals surface area (Å²) in [6.45, 7) is 1.70. The fourth-order valence-electron chi connectivity index (χ4n) is 3.36. The molecule has 3 aromatic rings. The molecule has 1 aliphatic rings. The van der Waals surface area contributed by atoms with Crippen molar-refractivity contribution in [2.24, 2.45) is 0 Å². The van der Waals surface area contributed by atoms with Gasteiger partial charge in [-0.3, -0.25) is 9.59 Å². The summed E-state index contributed by atoms with van der Waals surface area (Å²) >= 11 is 0. The number of para-hydroxylation sites is 1. The van der Waals surface area contributed by atoms with Gasteiger partial charge in [-0.05, 0) is 55.2 Å². The van der Waals surface area contributed by atoms with Crippen molar-refractivity contribution < 1.29 is 18.4 Å². The number of carbonyl (C=O) groups excluding carboxylic acids is 2. The second-order valence-electron chi connectivity index (χ2n) is 7.07. The normalized spacial score (nSPS) is 15.7. The first kappa shape index (κ1) is 19.6. The van der Waals surface area contributed by atoms with E-state index in [-0.39, 0.29) is 11.7 Å². The van der Waals surface area contributed by atoms with Gasteiger partial charge in [-0.2, -0.15) is 0 Å². The third-order valence-electron chi connectivity index (χ3n) is 4.97. The van der Waals surface area contributed by atoms with Crippen LogP contribution in [0.1, 0.15) is 28.2 Å². The molecule has 1 aromatic heterocycles. The van der Waals surface area contributed by atoms with Crippen molar-refractivity contribution in [2.75, 3.05) is 5.32 Å². The molecular formula is C22H18F2N4O2. The Labute approximate surface area is 171 Å². The minimum absolute atomic E-state index is 0.158. The Balaban J connectivity index is 1.55. The lowest BCUT2D eigenvalue weighted by Gasteiger charge is -2.15. The number of nitrogens with one attached hydrogen (secondary N) is 2. The minimum atomic E-state index is -1.01. The summed E-state index contributed by atoms with van der Waals surface area (Å²) in [5.41, 5.74) is 2.96. The summed E-state index contributed by atoms with van der Waals surface area (Å²) in [6.07, 6.45) is 2.48. The largest absolute Gasteiger partial charge is 0.337 e. The van der Waals surface area contributed by atoms with Crippen LogP contribution < -0.4 is 10.6 Å². The molecule has 0 saturated heterocycles. The Morgan fingerprint density at radius 1 is 1.17 bits per heavy atom. The van der Waals surface area contributed by atoms with Gasteiger partial charge in [-0.1, -0.05) is 18.2 Å². The number of aryl methyl sites for hydroxylation is 2. The summed E-state index contributed by atoms with van der Waals surface area (Å²) < 4.78 is 26.9. The predicted octanol–water partition coefficient (Wildman–Crippen LogP) is 3.41. The third-order valence-corrected chi connectivity index (χ3v) is 4.97. The van der Waals surface area contributed by atoms with Crippen LogP contribution in [0.3, 0.4) is 0 Å². The van der Waals surface area contributed by atoms with Gasteiger partial charge in [0.25, 0.3) is 5.91 Å². The average molecular weight is 408 g/mol. The zero-order valence-corrected chi connectivity index (χ0v) is 16.1. The number of anilines is 1. The lowest BCUT2D eigenvalue weighted by molar-refractivity contribution is -0.118. The standard InChI is InChI=1S/C22H18F2N4O2/c1-12-11-25-20(28-19(12)14-6-8-15(23)16(24)10-14)22(30)27-18-9-7-13-4-2-3-5-17(13)26-21(18)29/h2-6,8,10-11,18H,7,9H2,1H3,(H,26,29)(H,27,30). The molecule has 0 aliphatic carbocycles. The van der Waals surface area contributed by atoms with E-state index in [9.17, 15) is 18.4 Å². The number of nitrogens with zero attached hydrogens (tertiary/aromatic N) is 2. The van der Waals surface area contributed by atoms with Crippen molar-refractivity contribution >= 4 is 17.5 Å². The molecule has 30 heavy (non-hydrogen) atoms. The number of hydrogen-bond donors (Lipinski definition) is 2. The number of benzene rings is 2. The number of carbonyl (C=O) groups is 2. The van der Waals surface area contributed by atoms with Crippen LogP contribution in [0.25, 0.3) is 11.3 Å². The van der Waals surface area contributed by atoms with Gasteiger partial charge in [-0.25, -0.2) is 18.7 Å². The van der Waals surface area contributed by atoms with Gasteiger partial charge in [0.1, 0.15) is 6.04 Å². The molecule has 2 aromatic carbocycles. The van der Waals surface area contributed by atoms with E-state index in [0.717, 1.165) is 23.4 Å². The molecule has 1 atom stereocenters. The molecule has 0 radical (unpaired) electrons. The van der Waals surface area contributed by atoms with Crippen molar-refractivity contribution in [3.8, 4) is 11.3 Å². The highest BCUT2D eigenvalue weighted by molar-refractivity contribution is 6.00. The minimum Gasteiger partial charge on any atom is -0.337 e. The summed E-state index contributed by atoms with van der Waals surface area (Å²) in [7, 11) is 0. The number of hydrogen-bond acceptors (Lipinski definition) is 4. The fourth-order valence-corrected chi connectivity index (χ4v) is 3.36. The first-order chi connectivity index (χ1) is 14.4. The number of aromatic nitrogens is 2. The van der Waals surface area contributed by atoms with Crippen LogP contribution >= 0.6 is 0 Å². The van der Waals surface area contributed by atoms with Crippen LogP contribution in [0.5, 0.6) is 0 Å². The number of fused-ring (bicyclic) bond motifs is 1. The van der Waals surface area contributed by atoms with Gasteiger partial charge in [0.2, 0.25) is 11.7 Å². The molecule has 6 nitrogen and oxygen atoms in total. The second kappa shape index (κ2) is 7.98. The van der Waals surface area contributed by atoms with Crippen LogP contribution in [0.2, 0.25) is 0 Å². The monoisotopic (exact) mass is 408 g/mol. The number of rotatable bonds is 3. The van der Waals surface area contributed by atoms with Crippen LogP contribution in [0.4, 0.5) is 14.5 Å². The molecule has 8 heteroatoms. The Hall–Kier alpha value is -3.68. The molecule has 0 spiro atoms. The molecule has 152 valence electrons. The highest BCUT2D eigenvalue weighted by Crippen LogP contribution is 2.24. The molecule has 0 saturated carbocycles. The van der Waals surface area contributed by atoms with Crippen molar-refractivity contribution in [3.05, 3.63) is 77.2 Å². The zero-order valence-electron chi connectivity index (χ0n) is 16.1. The topological polar surface area (TPSA) is 84.0 Å². The van der Waals surface area contributed by atoms with Crippen molar-refractivity contribution in [3.63, 3.8) is 0 Å². The molecule has 2 heterocycles. The van der Waals surface area contributed by atoms with Crippen LogP contribution in [0.15, 0.2) is 48.7 Å². The van der Waals surface area contributed by atoms with Gasteiger partial charge in [0.15, 0.2) is 11.6 Å². The zero-order chi connectivity index (χ0) is 21.3.